The van der Waals surface area contributed by atoms with Gasteiger partial charge in [-0.25, -0.2) is 9.07 Å². The van der Waals surface area contributed by atoms with Crippen LogP contribution in [0.5, 0.6) is 0 Å². The number of hydrogen-bond donors (Lipinski definition) is 1. The molecule has 8 heteroatoms. The summed E-state index contributed by atoms with van der Waals surface area (Å²) in [6, 6.07) is 24.1. The van der Waals surface area contributed by atoms with Crippen molar-refractivity contribution in [2.24, 2.45) is 0 Å². The van der Waals surface area contributed by atoms with Crippen LogP contribution in [0.1, 0.15) is 35.3 Å². The molecule has 1 N–H and O–H groups in total. The Hall–Kier alpha value is -3.91. The van der Waals surface area contributed by atoms with Crippen LogP contribution in [0.2, 0.25) is 0 Å². The number of nitrogens with zero attached hydrogens (tertiary/aromatic N) is 3. The summed E-state index contributed by atoms with van der Waals surface area (Å²) in [5.74, 6) is -0.236. The summed E-state index contributed by atoms with van der Waals surface area (Å²) >= 11 is 1.36. The predicted molar refractivity (Wildman–Crippen MR) is 150 cm³/mol. The highest BCUT2D eigenvalue weighted by Crippen LogP contribution is 2.49. The van der Waals surface area contributed by atoms with Crippen LogP contribution in [0.3, 0.4) is 0 Å². The van der Waals surface area contributed by atoms with Gasteiger partial charge in [-0.3, -0.25) is 14.5 Å². The Labute approximate surface area is 225 Å². The van der Waals surface area contributed by atoms with Crippen LogP contribution in [0.25, 0.3) is 16.9 Å². The summed E-state index contributed by atoms with van der Waals surface area (Å²) < 4.78 is 17.0. The third-order valence-electron chi connectivity index (χ3n) is 6.54. The van der Waals surface area contributed by atoms with Crippen molar-refractivity contribution in [2.45, 2.75) is 25.5 Å². The second kappa shape index (κ2) is 11.2. The van der Waals surface area contributed by atoms with Crippen LogP contribution in [0.4, 0.5) is 10.2 Å². The Morgan fingerprint density at radius 3 is 2.50 bits per heavy atom. The van der Waals surface area contributed by atoms with E-state index in [9.17, 15) is 9.59 Å². The van der Waals surface area contributed by atoms with Gasteiger partial charge in [-0.15, -0.1) is 11.8 Å². The van der Waals surface area contributed by atoms with Crippen molar-refractivity contribution < 1.29 is 14.0 Å². The number of amides is 2. The zero-order chi connectivity index (χ0) is 26.6. The maximum absolute atomic E-state index is 15.3. The van der Waals surface area contributed by atoms with E-state index in [0.29, 0.717) is 29.2 Å². The summed E-state index contributed by atoms with van der Waals surface area (Å²) in [4.78, 5) is 28.1. The van der Waals surface area contributed by atoms with E-state index in [2.05, 4.69) is 5.32 Å². The molecule has 1 atom stereocenters. The lowest BCUT2D eigenvalue weighted by molar-refractivity contribution is -0.122. The van der Waals surface area contributed by atoms with Gasteiger partial charge in [0.25, 0.3) is 0 Å². The first kappa shape index (κ1) is 25.7. The smallest absolute Gasteiger partial charge is 0.240 e. The molecule has 0 radical (unpaired) electrons. The van der Waals surface area contributed by atoms with Gasteiger partial charge in [0.15, 0.2) is 0 Å². The molecule has 4 aromatic rings. The van der Waals surface area contributed by atoms with Gasteiger partial charge in [-0.1, -0.05) is 73.7 Å². The quantitative estimate of drug-likeness (QED) is 0.335. The summed E-state index contributed by atoms with van der Waals surface area (Å²) in [7, 11) is 0. The Morgan fingerprint density at radius 1 is 1.05 bits per heavy atom. The number of halogens is 1. The minimum absolute atomic E-state index is 0.0940. The monoisotopic (exact) mass is 528 g/mol. The lowest BCUT2D eigenvalue weighted by atomic mass is 9.99. The van der Waals surface area contributed by atoms with Crippen molar-refractivity contribution in [3.63, 3.8) is 0 Å². The molecule has 1 unspecified atom stereocenters. The molecule has 6 nitrogen and oxygen atoms in total. The van der Waals surface area contributed by atoms with Gasteiger partial charge in [-0.2, -0.15) is 5.10 Å². The van der Waals surface area contributed by atoms with Crippen LogP contribution >= 0.6 is 11.8 Å². The van der Waals surface area contributed by atoms with E-state index >= 15 is 4.39 Å². The number of hydrogen-bond acceptors (Lipinski definition) is 4. The average molecular weight is 529 g/mol. The molecule has 1 aliphatic rings. The van der Waals surface area contributed by atoms with Crippen LogP contribution in [-0.4, -0.2) is 40.4 Å². The largest absolute Gasteiger partial charge is 0.355 e. The lowest BCUT2D eigenvalue weighted by Gasteiger charge is -2.23. The summed E-state index contributed by atoms with van der Waals surface area (Å²) in [6.07, 6.45) is 0.787. The van der Waals surface area contributed by atoms with Gasteiger partial charge in [0.05, 0.1) is 22.4 Å². The third kappa shape index (κ3) is 4.96. The minimum Gasteiger partial charge on any atom is -0.355 e. The van der Waals surface area contributed by atoms with Gasteiger partial charge in [0.2, 0.25) is 11.8 Å². The molecule has 5 rings (SSSR count). The first-order valence-electron chi connectivity index (χ1n) is 12.7. The highest BCUT2D eigenvalue weighted by molar-refractivity contribution is 8.00. The summed E-state index contributed by atoms with van der Waals surface area (Å²) in [6.45, 7) is 4.32. The Balaban J connectivity index is 1.81. The van der Waals surface area contributed by atoms with Crippen molar-refractivity contribution in [1.29, 1.82) is 0 Å². The second-order valence-corrected chi connectivity index (χ2v) is 10.3. The summed E-state index contributed by atoms with van der Waals surface area (Å²) in [5, 5.41) is 7.43. The molecule has 0 aliphatic carbocycles. The van der Waals surface area contributed by atoms with E-state index in [4.69, 9.17) is 5.10 Å². The van der Waals surface area contributed by atoms with Gasteiger partial charge in [0.1, 0.15) is 18.2 Å². The minimum atomic E-state index is -0.508. The molecule has 38 heavy (non-hydrogen) atoms. The topological polar surface area (TPSA) is 67.2 Å². The van der Waals surface area contributed by atoms with Crippen molar-refractivity contribution in [3.05, 3.63) is 101 Å². The number of rotatable bonds is 7. The van der Waals surface area contributed by atoms with Crippen LogP contribution in [0.15, 0.2) is 78.9 Å². The first-order chi connectivity index (χ1) is 18.5. The molecule has 3 aromatic carbocycles. The highest BCUT2D eigenvalue weighted by Gasteiger charge is 2.38. The van der Waals surface area contributed by atoms with Crippen LogP contribution in [-0.2, 0) is 9.59 Å². The zero-order valence-electron chi connectivity index (χ0n) is 21.4. The number of nitrogens with one attached hydrogen (secondary N) is 1. The molecule has 2 heterocycles. The average Bonchev–Trinajstić information content (AvgIpc) is 3.25. The number of para-hydroxylation sites is 1. The SMILES string of the molecule is CCCNC(=O)CN1C(=O)CSC(c2ccccc2F)c2c(-c3ccccc3)nn(-c3ccccc3C)c21. The molecule has 0 saturated carbocycles. The number of thioether (sulfide) groups is 1. The standard InChI is InChI=1S/C30H29FN4O2S/c1-3-17-32-25(36)18-34-26(37)19-38-29(22-14-8-9-15-23(22)31)27-28(21-12-5-4-6-13-21)33-35(30(27)34)24-16-10-7-11-20(24)2/h4-16,29H,3,17-19H2,1-2H3,(H,32,36). The molecule has 1 aliphatic heterocycles. The fraction of sp³-hybridized carbons (Fsp3) is 0.233. The zero-order valence-corrected chi connectivity index (χ0v) is 22.2. The fourth-order valence-corrected chi connectivity index (χ4v) is 5.91. The van der Waals surface area contributed by atoms with Gasteiger partial charge >= 0.3 is 0 Å². The molecule has 194 valence electrons. The molecule has 0 spiro atoms. The van der Waals surface area contributed by atoms with Gasteiger partial charge in [-0.05, 0) is 31.0 Å². The number of carbonyl (C=O) groups excluding carboxylic acids is 2. The second-order valence-electron chi connectivity index (χ2n) is 9.19. The van der Waals surface area contributed by atoms with E-state index < -0.39 is 5.25 Å². The molecular formula is C30H29FN4O2S. The van der Waals surface area contributed by atoms with E-state index in [1.165, 1.54) is 22.7 Å². The molecule has 0 saturated heterocycles. The van der Waals surface area contributed by atoms with E-state index in [-0.39, 0.29) is 29.9 Å². The number of carbonyl (C=O) groups is 2. The van der Waals surface area contributed by atoms with E-state index in [0.717, 1.165) is 23.2 Å². The number of fused-ring (bicyclic) bond motifs is 1. The molecule has 0 fully saturated rings. The van der Waals surface area contributed by atoms with Crippen LogP contribution in [0, 0.1) is 12.7 Å². The number of aromatic nitrogens is 2. The molecule has 0 bridgehead atoms. The molecule has 1 aromatic heterocycles. The first-order valence-corrected chi connectivity index (χ1v) is 13.7. The van der Waals surface area contributed by atoms with Crippen LogP contribution < -0.4 is 10.2 Å². The maximum atomic E-state index is 15.3. The Morgan fingerprint density at radius 2 is 1.76 bits per heavy atom. The highest BCUT2D eigenvalue weighted by atomic mass is 32.2. The van der Waals surface area contributed by atoms with E-state index in [1.54, 1.807) is 22.9 Å². The Bertz CT molecular complexity index is 1470. The Kier molecular flexibility index (Phi) is 7.60. The summed E-state index contributed by atoms with van der Waals surface area (Å²) in [5.41, 5.74) is 4.44. The molecule has 2 amide bonds. The number of anilines is 1. The normalized spacial score (nSPS) is 15.2. The van der Waals surface area contributed by atoms with Gasteiger partial charge < -0.3 is 5.32 Å². The lowest BCUT2D eigenvalue weighted by Crippen LogP contribution is -2.42. The number of aryl methyl sites for hydroxylation is 1. The van der Waals surface area contributed by atoms with Crippen molar-refractivity contribution in [3.8, 4) is 16.9 Å². The predicted octanol–water partition coefficient (Wildman–Crippen LogP) is 5.68. The van der Waals surface area contributed by atoms with Crippen molar-refractivity contribution in [1.82, 2.24) is 15.1 Å². The number of benzene rings is 3. The third-order valence-corrected chi connectivity index (χ3v) is 7.78. The van der Waals surface area contributed by atoms with Crippen molar-refractivity contribution >= 4 is 29.4 Å². The maximum Gasteiger partial charge on any atom is 0.240 e. The van der Waals surface area contributed by atoms with E-state index in [1.807, 2.05) is 68.4 Å². The van der Waals surface area contributed by atoms with Crippen molar-refractivity contribution in [2.75, 3.05) is 23.7 Å². The van der Waals surface area contributed by atoms with Gasteiger partial charge in [0, 0.05) is 23.2 Å². The fourth-order valence-electron chi connectivity index (χ4n) is 4.69. The molecular weight excluding hydrogens is 499 g/mol.